The summed E-state index contributed by atoms with van der Waals surface area (Å²) in [7, 11) is 0. The first kappa shape index (κ1) is 20.6. The molecule has 6 nitrogen and oxygen atoms in total. The van der Waals surface area contributed by atoms with Gasteiger partial charge >= 0.3 is 0 Å². The van der Waals surface area contributed by atoms with Crippen LogP contribution < -0.4 is 16.2 Å². The molecule has 1 unspecified atom stereocenters. The first-order valence-corrected chi connectivity index (χ1v) is 11.2. The summed E-state index contributed by atoms with van der Waals surface area (Å²) in [6.07, 6.45) is 4.17. The average molecular weight is 426 g/mol. The number of aryl methyl sites for hydroxylation is 2. The Morgan fingerprint density at radius 1 is 1.03 bits per heavy atom. The molecule has 3 N–H and O–H groups in total. The minimum absolute atomic E-state index is 0.0144. The summed E-state index contributed by atoms with van der Waals surface area (Å²) in [6.45, 7) is 6.81. The molecule has 0 bridgehead atoms. The van der Waals surface area contributed by atoms with Crippen LogP contribution >= 0.6 is 11.3 Å². The third kappa shape index (κ3) is 4.26. The molecule has 158 valence electrons. The zero-order valence-electron chi connectivity index (χ0n) is 17.6. The molecule has 0 spiro atoms. The van der Waals surface area contributed by atoms with E-state index in [1.165, 1.54) is 21.8 Å². The minimum Gasteiger partial charge on any atom is -0.326 e. The number of amides is 3. The Balaban J connectivity index is 1.38. The smallest absolute Gasteiger partial charge is 0.279 e. The molecular formula is C23H27N3O3S. The van der Waals surface area contributed by atoms with Crippen LogP contribution in [0.2, 0.25) is 0 Å². The number of hydrogen-bond acceptors (Lipinski definition) is 4. The molecular weight excluding hydrogens is 398 g/mol. The van der Waals surface area contributed by atoms with Crippen LogP contribution in [0.4, 0.5) is 5.69 Å². The predicted molar refractivity (Wildman–Crippen MR) is 118 cm³/mol. The van der Waals surface area contributed by atoms with Gasteiger partial charge in [0.1, 0.15) is 0 Å². The van der Waals surface area contributed by atoms with Gasteiger partial charge in [0.05, 0.1) is 4.88 Å². The molecule has 2 heterocycles. The van der Waals surface area contributed by atoms with Crippen molar-refractivity contribution in [2.75, 3.05) is 5.32 Å². The number of carbonyl (C=O) groups is 3. The molecule has 30 heavy (non-hydrogen) atoms. The van der Waals surface area contributed by atoms with Crippen molar-refractivity contribution < 1.29 is 14.4 Å². The van der Waals surface area contributed by atoms with E-state index in [1.54, 1.807) is 18.2 Å². The van der Waals surface area contributed by atoms with Gasteiger partial charge in [0.25, 0.3) is 11.8 Å². The zero-order valence-corrected chi connectivity index (χ0v) is 18.4. The second-order valence-corrected chi connectivity index (χ2v) is 10.3. The lowest BCUT2D eigenvalue weighted by Gasteiger charge is -2.33. The Labute approximate surface area is 180 Å². The summed E-state index contributed by atoms with van der Waals surface area (Å²) < 4.78 is 0. The number of anilines is 1. The van der Waals surface area contributed by atoms with Crippen molar-refractivity contribution in [2.45, 2.75) is 52.9 Å². The number of nitrogens with one attached hydrogen (secondary N) is 3. The summed E-state index contributed by atoms with van der Waals surface area (Å²) in [5, 5.41) is 2.79. The van der Waals surface area contributed by atoms with Crippen LogP contribution in [0.1, 0.15) is 69.6 Å². The number of benzene rings is 1. The Bertz CT molecular complexity index is 1020. The molecule has 3 amide bonds. The van der Waals surface area contributed by atoms with E-state index in [0.717, 1.165) is 30.5 Å². The topological polar surface area (TPSA) is 87.3 Å². The van der Waals surface area contributed by atoms with Crippen LogP contribution in [0.25, 0.3) is 0 Å². The van der Waals surface area contributed by atoms with Crippen molar-refractivity contribution in [2.24, 2.45) is 11.3 Å². The summed E-state index contributed by atoms with van der Waals surface area (Å²) in [4.78, 5) is 38.4. The standard InChI is InChI=1S/C23H27N3O3S/c1-23(2,3)16-6-8-18-15(11-16)12-19(30-18)22(29)26-25-21(28)14-4-7-17-13(10-14)5-9-20(27)24-17/h4,7,10,12,16H,5-6,8-9,11H2,1-3H3,(H,24,27)(H,25,28)(H,26,29). The fourth-order valence-electron chi connectivity index (χ4n) is 4.15. The maximum atomic E-state index is 12.6. The van der Waals surface area contributed by atoms with Crippen molar-refractivity contribution in [3.8, 4) is 0 Å². The van der Waals surface area contributed by atoms with Gasteiger partial charge in [-0.25, -0.2) is 0 Å². The summed E-state index contributed by atoms with van der Waals surface area (Å²) in [5.41, 5.74) is 8.68. The predicted octanol–water partition coefficient (Wildman–Crippen LogP) is 3.86. The largest absolute Gasteiger partial charge is 0.326 e. The highest BCUT2D eigenvalue weighted by atomic mass is 32.1. The van der Waals surface area contributed by atoms with Crippen LogP contribution in [0, 0.1) is 11.3 Å². The summed E-state index contributed by atoms with van der Waals surface area (Å²) >= 11 is 1.52. The molecule has 4 rings (SSSR count). The maximum absolute atomic E-state index is 12.6. The number of thiophene rings is 1. The van der Waals surface area contributed by atoms with Gasteiger partial charge in [-0.05, 0) is 72.4 Å². The number of hydrogen-bond donors (Lipinski definition) is 3. The van der Waals surface area contributed by atoms with Crippen molar-refractivity contribution in [3.63, 3.8) is 0 Å². The van der Waals surface area contributed by atoms with Crippen molar-refractivity contribution >= 4 is 34.7 Å². The van der Waals surface area contributed by atoms with Gasteiger partial charge in [-0.15, -0.1) is 11.3 Å². The SMILES string of the molecule is CC(C)(C)C1CCc2sc(C(=O)NNC(=O)c3ccc4c(c3)CCC(=O)N4)cc2C1. The van der Waals surface area contributed by atoms with E-state index >= 15 is 0 Å². The van der Waals surface area contributed by atoms with E-state index < -0.39 is 0 Å². The number of carbonyl (C=O) groups excluding carboxylic acids is 3. The lowest BCUT2D eigenvalue weighted by molar-refractivity contribution is -0.116. The third-order valence-corrected chi connectivity index (χ3v) is 7.32. The Morgan fingerprint density at radius 2 is 1.80 bits per heavy atom. The van der Waals surface area contributed by atoms with Crippen LogP contribution in [0.5, 0.6) is 0 Å². The van der Waals surface area contributed by atoms with Crippen LogP contribution in [0.3, 0.4) is 0 Å². The molecule has 0 fully saturated rings. The van der Waals surface area contributed by atoms with Crippen LogP contribution in [0.15, 0.2) is 24.3 Å². The zero-order chi connectivity index (χ0) is 21.5. The highest BCUT2D eigenvalue weighted by Gasteiger charge is 2.30. The Hall–Kier alpha value is -2.67. The van der Waals surface area contributed by atoms with Gasteiger partial charge in [-0.1, -0.05) is 20.8 Å². The van der Waals surface area contributed by atoms with E-state index in [9.17, 15) is 14.4 Å². The maximum Gasteiger partial charge on any atom is 0.279 e. The fraction of sp³-hybridized carbons (Fsp3) is 0.435. The van der Waals surface area contributed by atoms with E-state index in [-0.39, 0.29) is 23.1 Å². The second kappa shape index (κ2) is 7.87. The molecule has 1 aromatic carbocycles. The quantitative estimate of drug-likeness (QED) is 0.639. The Kier molecular flexibility index (Phi) is 5.40. The first-order chi connectivity index (χ1) is 14.2. The van der Waals surface area contributed by atoms with Gasteiger partial charge < -0.3 is 5.32 Å². The van der Waals surface area contributed by atoms with Crippen LogP contribution in [-0.2, 0) is 24.1 Å². The molecule has 1 aliphatic heterocycles. The normalized spacial score (nSPS) is 18.1. The molecule has 0 radical (unpaired) electrons. The molecule has 0 saturated carbocycles. The van der Waals surface area contributed by atoms with Crippen LogP contribution in [-0.4, -0.2) is 17.7 Å². The van der Waals surface area contributed by atoms with E-state index in [1.807, 2.05) is 6.07 Å². The monoisotopic (exact) mass is 425 g/mol. The number of fused-ring (bicyclic) bond motifs is 2. The first-order valence-electron chi connectivity index (χ1n) is 10.4. The molecule has 2 aliphatic rings. The van der Waals surface area contributed by atoms with Gasteiger partial charge in [-0.2, -0.15) is 0 Å². The average Bonchev–Trinajstić information content (AvgIpc) is 3.14. The number of rotatable bonds is 2. The molecule has 0 saturated heterocycles. The second-order valence-electron chi connectivity index (χ2n) is 9.19. The molecule has 1 atom stereocenters. The molecule has 1 aromatic heterocycles. The third-order valence-electron chi connectivity index (χ3n) is 6.08. The van der Waals surface area contributed by atoms with E-state index in [2.05, 4.69) is 36.9 Å². The number of hydrazine groups is 1. The molecule has 1 aliphatic carbocycles. The van der Waals surface area contributed by atoms with Gasteiger partial charge in [0, 0.05) is 22.5 Å². The van der Waals surface area contributed by atoms with Crippen molar-refractivity contribution in [1.82, 2.24) is 10.9 Å². The Morgan fingerprint density at radius 3 is 2.57 bits per heavy atom. The molecule has 2 aromatic rings. The van der Waals surface area contributed by atoms with E-state index in [4.69, 9.17) is 0 Å². The molecule has 7 heteroatoms. The van der Waals surface area contributed by atoms with Crippen molar-refractivity contribution in [1.29, 1.82) is 0 Å². The summed E-state index contributed by atoms with van der Waals surface area (Å²) in [6, 6.07) is 7.10. The highest BCUT2D eigenvalue weighted by Crippen LogP contribution is 2.40. The highest BCUT2D eigenvalue weighted by molar-refractivity contribution is 7.14. The van der Waals surface area contributed by atoms with E-state index in [0.29, 0.717) is 29.2 Å². The minimum atomic E-state index is -0.378. The fourth-order valence-corrected chi connectivity index (χ4v) is 5.25. The van der Waals surface area contributed by atoms with Gasteiger partial charge in [-0.3, -0.25) is 25.2 Å². The lowest BCUT2D eigenvalue weighted by Crippen LogP contribution is -2.41. The van der Waals surface area contributed by atoms with Gasteiger partial charge in [0.15, 0.2) is 0 Å². The van der Waals surface area contributed by atoms with Gasteiger partial charge in [0.2, 0.25) is 5.91 Å². The van der Waals surface area contributed by atoms with Crippen molar-refractivity contribution in [3.05, 3.63) is 50.7 Å². The summed E-state index contributed by atoms with van der Waals surface area (Å²) in [5.74, 6) is -0.0686. The lowest BCUT2D eigenvalue weighted by atomic mass is 9.72.